The summed E-state index contributed by atoms with van der Waals surface area (Å²) in [6.45, 7) is 2.02. The van der Waals surface area contributed by atoms with E-state index in [0.717, 1.165) is 11.3 Å². The van der Waals surface area contributed by atoms with Crippen LogP contribution in [0.25, 0.3) is 0 Å². The van der Waals surface area contributed by atoms with E-state index in [4.69, 9.17) is 9.47 Å². The Hall–Kier alpha value is -2.50. The summed E-state index contributed by atoms with van der Waals surface area (Å²) in [5, 5.41) is 5.07. The number of rotatable bonds is 4. The van der Waals surface area contributed by atoms with Gasteiger partial charge < -0.3 is 20.1 Å². The predicted molar refractivity (Wildman–Crippen MR) is 72.0 cm³/mol. The third-order valence-electron chi connectivity index (χ3n) is 2.95. The van der Waals surface area contributed by atoms with Crippen molar-refractivity contribution in [1.82, 2.24) is 10.6 Å². The van der Waals surface area contributed by atoms with Gasteiger partial charge in [-0.2, -0.15) is 0 Å². The zero-order valence-electron chi connectivity index (χ0n) is 11.4. The summed E-state index contributed by atoms with van der Waals surface area (Å²) >= 11 is 0. The molecule has 0 radical (unpaired) electrons. The SMILES string of the molecule is COc1ccc(COC(=O)C2=C(C)NC(=O)NC2)cc1. The highest BCUT2D eigenvalue weighted by Crippen LogP contribution is 2.13. The lowest BCUT2D eigenvalue weighted by molar-refractivity contribution is -0.140. The van der Waals surface area contributed by atoms with E-state index in [1.165, 1.54) is 0 Å². The molecule has 0 aliphatic carbocycles. The van der Waals surface area contributed by atoms with Crippen LogP contribution in [0.5, 0.6) is 5.75 Å². The van der Waals surface area contributed by atoms with Gasteiger partial charge in [0.25, 0.3) is 0 Å². The monoisotopic (exact) mass is 276 g/mol. The van der Waals surface area contributed by atoms with Gasteiger partial charge in [0.15, 0.2) is 0 Å². The molecule has 0 bridgehead atoms. The second-order valence-corrected chi connectivity index (χ2v) is 4.34. The first-order chi connectivity index (χ1) is 9.60. The molecular weight excluding hydrogens is 260 g/mol. The molecule has 0 saturated heterocycles. The summed E-state index contributed by atoms with van der Waals surface area (Å²) in [5.41, 5.74) is 1.82. The number of carbonyl (C=O) groups excluding carboxylic acids is 2. The highest BCUT2D eigenvalue weighted by atomic mass is 16.5. The minimum atomic E-state index is -0.439. The van der Waals surface area contributed by atoms with Crippen LogP contribution in [0.4, 0.5) is 4.79 Å². The van der Waals surface area contributed by atoms with Gasteiger partial charge >= 0.3 is 12.0 Å². The fraction of sp³-hybridized carbons (Fsp3) is 0.286. The summed E-state index contributed by atoms with van der Waals surface area (Å²) in [6, 6.07) is 6.95. The fourth-order valence-electron chi connectivity index (χ4n) is 1.77. The molecule has 0 atom stereocenters. The molecule has 2 amide bonds. The maximum absolute atomic E-state index is 11.9. The molecule has 6 nitrogen and oxygen atoms in total. The molecule has 2 N–H and O–H groups in total. The van der Waals surface area contributed by atoms with Gasteiger partial charge in [0.2, 0.25) is 0 Å². The third-order valence-corrected chi connectivity index (χ3v) is 2.95. The highest BCUT2D eigenvalue weighted by Gasteiger charge is 2.20. The van der Waals surface area contributed by atoms with Crippen molar-refractivity contribution in [3.05, 3.63) is 41.1 Å². The van der Waals surface area contributed by atoms with E-state index in [-0.39, 0.29) is 19.2 Å². The van der Waals surface area contributed by atoms with Gasteiger partial charge in [-0.25, -0.2) is 9.59 Å². The number of ether oxygens (including phenoxy) is 2. The van der Waals surface area contributed by atoms with E-state index in [2.05, 4.69) is 10.6 Å². The molecule has 1 aliphatic rings. The standard InChI is InChI=1S/C14H16N2O4/c1-9-12(7-15-14(18)16-9)13(17)20-8-10-3-5-11(19-2)6-4-10/h3-6H,7-8H2,1-2H3,(H2,15,16,18). The van der Waals surface area contributed by atoms with Gasteiger partial charge in [-0.15, -0.1) is 0 Å². The van der Waals surface area contributed by atoms with Crippen LogP contribution >= 0.6 is 0 Å². The van der Waals surface area contributed by atoms with Crippen molar-refractivity contribution < 1.29 is 19.1 Å². The third kappa shape index (κ3) is 3.28. The van der Waals surface area contributed by atoms with Crippen molar-refractivity contribution >= 4 is 12.0 Å². The number of allylic oxidation sites excluding steroid dienone is 1. The van der Waals surface area contributed by atoms with Crippen molar-refractivity contribution in [3.63, 3.8) is 0 Å². The molecule has 0 fully saturated rings. The Bertz CT molecular complexity index is 549. The second-order valence-electron chi connectivity index (χ2n) is 4.34. The molecule has 0 saturated carbocycles. The summed E-state index contributed by atoms with van der Waals surface area (Å²) in [6.07, 6.45) is 0. The Balaban J connectivity index is 1.94. The van der Waals surface area contributed by atoms with Crippen LogP contribution in [0.15, 0.2) is 35.5 Å². The average molecular weight is 276 g/mol. The van der Waals surface area contributed by atoms with E-state index in [0.29, 0.717) is 11.3 Å². The van der Waals surface area contributed by atoms with Crippen LogP contribution in [-0.2, 0) is 16.1 Å². The van der Waals surface area contributed by atoms with Gasteiger partial charge in [0.05, 0.1) is 19.2 Å². The molecule has 0 unspecified atom stereocenters. The first-order valence-electron chi connectivity index (χ1n) is 6.15. The van der Waals surface area contributed by atoms with Crippen molar-refractivity contribution in [1.29, 1.82) is 0 Å². The average Bonchev–Trinajstić information content (AvgIpc) is 2.45. The summed E-state index contributed by atoms with van der Waals surface area (Å²) < 4.78 is 10.3. The van der Waals surface area contributed by atoms with E-state index < -0.39 is 5.97 Å². The lowest BCUT2D eigenvalue weighted by Crippen LogP contribution is -2.43. The van der Waals surface area contributed by atoms with Crippen LogP contribution in [-0.4, -0.2) is 25.7 Å². The lowest BCUT2D eigenvalue weighted by Gasteiger charge is -2.18. The summed E-state index contributed by atoms with van der Waals surface area (Å²) in [7, 11) is 1.59. The van der Waals surface area contributed by atoms with Crippen LogP contribution < -0.4 is 15.4 Å². The van der Waals surface area contributed by atoms with Gasteiger partial charge in [-0.05, 0) is 24.6 Å². The van der Waals surface area contributed by atoms with E-state index in [1.54, 1.807) is 26.2 Å². The molecule has 20 heavy (non-hydrogen) atoms. The Morgan fingerprint density at radius 1 is 1.30 bits per heavy atom. The number of hydrogen-bond acceptors (Lipinski definition) is 4. The molecule has 0 aromatic heterocycles. The molecule has 106 valence electrons. The van der Waals surface area contributed by atoms with Gasteiger partial charge in [0.1, 0.15) is 12.4 Å². The molecule has 1 aromatic rings. The minimum absolute atomic E-state index is 0.174. The molecular formula is C14H16N2O4. The topological polar surface area (TPSA) is 76.7 Å². The number of hydrogen-bond donors (Lipinski definition) is 2. The highest BCUT2D eigenvalue weighted by molar-refractivity contribution is 5.93. The Labute approximate surface area is 116 Å². The van der Waals surface area contributed by atoms with Crippen LogP contribution in [0.3, 0.4) is 0 Å². The largest absolute Gasteiger partial charge is 0.497 e. The molecule has 2 rings (SSSR count). The zero-order valence-corrected chi connectivity index (χ0v) is 11.4. The maximum Gasteiger partial charge on any atom is 0.337 e. The number of esters is 1. The lowest BCUT2D eigenvalue weighted by atomic mass is 10.2. The number of benzene rings is 1. The smallest absolute Gasteiger partial charge is 0.337 e. The Morgan fingerprint density at radius 3 is 2.60 bits per heavy atom. The maximum atomic E-state index is 11.9. The number of amides is 2. The van der Waals surface area contributed by atoms with Gasteiger partial charge in [0, 0.05) is 5.70 Å². The van der Waals surface area contributed by atoms with E-state index in [1.807, 2.05) is 12.1 Å². The predicted octanol–water partition coefficient (Wildman–Crippen LogP) is 1.33. The number of carbonyl (C=O) groups is 2. The van der Waals surface area contributed by atoms with Crippen LogP contribution in [0, 0.1) is 0 Å². The van der Waals surface area contributed by atoms with Gasteiger partial charge in [-0.3, -0.25) is 0 Å². The molecule has 0 spiro atoms. The number of urea groups is 1. The first kappa shape index (κ1) is 13.9. The quantitative estimate of drug-likeness (QED) is 0.813. The first-order valence-corrected chi connectivity index (χ1v) is 6.15. The second kappa shape index (κ2) is 6.10. The zero-order chi connectivity index (χ0) is 14.5. The minimum Gasteiger partial charge on any atom is -0.497 e. The number of nitrogens with one attached hydrogen (secondary N) is 2. The Kier molecular flexibility index (Phi) is 4.24. The molecule has 1 aromatic carbocycles. The van der Waals surface area contributed by atoms with Crippen LogP contribution in [0.2, 0.25) is 0 Å². The van der Waals surface area contributed by atoms with Crippen molar-refractivity contribution in [2.45, 2.75) is 13.5 Å². The fourth-order valence-corrected chi connectivity index (χ4v) is 1.77. The summed E-state index contributed by atoms with van der Waals surface area (Å²) in [4.78, 5) is 23.0. The normalized spacial score (nSPS) is 14.4. The van der Waals surface area contributed by atoms with Crippen molar-refractivity contribution in [3.8, 4) is 5.75 Å². The van der Waals surface area contributed by atoms with Crippen LogP contribution in [0.1, 0.15) is 12.5 Å². The van der Waals surface area contributed by atoms with Crippen molar-refractivity contribution in [2.24, 2.45) is 0 Å². The molecule has 6 heteroatoms. The molecule has 1 heterocycles. The van der Waals surface area contributed by atoms with E-state index >= 15 is 0 Å². The van der Waals surface area contributed by atoms with Crippen molar-refractivity contribution in [2.75, 3.05) is 13.7 Å². The van der Waals surface area contributed by atoms with Gasteiger partial charge in [-0.1, -0.05) is 12.1 Å². The number of methoxy groups -OCH3 is 1. The Morgan fingerprint density at radius 2 is 2.00 bits per heavy atom. The molecule has 1 aliphatic heterocycles. The van der Waals surface area contributed by atoms with E-state index in [9.17, 15) is 9.59 Å². The summed E-state index contributed by atoms with van der Waals surface area (Å²) in [5.74, 6) is 0.309.